The Morgan fingerprint density at radius 2 is 2.00 bits per heavy atom. The van der Waals surface area contributed by atoms with Crippen LogP contribution >= 0.6 is 0 Å². The van der Waals surface area contributed by atoms with Gasteiger partial charge in [-0.25, -0.2) is 0 Å². The van der Waals surface area contributed by atoms with Crippen LogP contribution in [0.3, 0.4) is 0 Å². The number of nitrogens with one attached hydrogen (secondary N) is 1. The Morgan fingerprint density at radius 1 is 1.18 bits per heavy atom. The second kappa shape index (κ2) is 7.63. The number of para-hydroxylation sites is 1. The van der Waals surface area contributed by atoms with Gasteiger partial charge in [0.25, 0.3) is 5.91 Å². The predicted molar refractivity (Wildman–Crippen MR) is 87.3 cm³/mol. The summed E-state index contributed by atoms with van der Waals surface area (Å²) in [7, 11) is 0. The molecule has 1 unspecified atom stereocenters. The number of ether oxygens (including phenoxy) is 1. The molecular formula is C18H26N2O2. The monoisotopic (exact) mass is 302 g/mol. The molecule has 1 atom stereocenters. The molecule has 1 aromatic carbocycles. The smallest absolute Gasteiger partial charge is 0.257 e. The molecule has 4 nitrogen and oxygen atoms in total. The van der Waals surface area contributed by atoms with E-state index in [0.717, 1.165) is 44.8 Å². The van der Waals surface area contributed by atoms with Gasteiger partial charge in [0, 0.05) is 25.6 Å². The van der Waals surface area contributed by atoms with Crippen LogP contribution in [-0.4, -0.2) is 43.6 Å². The third-order valence-electron chi connectivity index (χ3n) is 4.63. The van der Waals surface area contributed by atoms with E-state index in [1.807, 2.05) is 29.2 Å². The van der Waals surface area contributed by atoms with Gasteiger partial charge in [0.2, 0.25) is 0 Å². The zero-order chi connectivity index (χ0) is 15.2. The predicted octanol–water partition coefficient (Wildman–Crippen LogP) is 2.69. The number of carbonyl (C=O) groups is 1. The highest BCUT2D eigenvalue weighted by atomic mass is 16.5. The Balaban J connectivity index is 1.64. The molecule has 1 amide bonds. The number of hydrogen-bond acceptors (Lipinski definition) is 3. The first-order valence-electron chi connectivity index (χ1n) is 8.56. The van der Waals surface area contributed by atoms with Gasteiger partial charge >= 0.3 is 0 Å². The molecule has 120 valence electrons. The molecule has 0 aromatic heterocycles. The van der Waals surface area contributed by atoms with E-state index < -0.39 is 0 Å². The molecule has 0 aliphatic carbocycles. The summed E-state index contributed by atoms with van der Waals surface area (Å²) in [4.78, 5) is 14.7. The zero-order valence-electron chi connectivity index (χ0n) is 13.2. The maximum Gasteiger partial charge on any atom is 0.257 e. The van der Waals surface area contributed by atoms with E-state index in [4.69, 9.17) is 4.74 Å². The molecule has 4 heteroatoms. The topological polar surface area (TPSA) is 41.6 Å². The van der Waals surface area contributed by atoms with Crippen LogP contribution in [-0.2, 0) is 0 Å². The minimum Gasteiger partial charge on any atom is -0.492 e. The largest absolute Gasteiger partial charge is 0.492 e. The fraction of sp³-hybridized carbons (Fsp3) is 0.611. The molecule has 2 saturated heterocycles. The molecule has 2 aliphatic rings. The molecule has 1 aromatic rings. The molecule has 0 bridgehead atoms. The van der Waals surface area contributed by atoms with Gasteiger partial charge in [-0.1, -0.05) is 12.1 Å². The summed E-state index contributed by atoms with van der Waals surface area (Å²) in [6.45, 7) is 4.57. The first kappa shape index (κ1) is 15.3. The van der Waals surface area contributed by atoms with Crippen molar-refractivity contribution in [3.05, 3.63) is 29.8 Å². The number of benzene rings is 1. The lowest BCUT2D eigenvalue weighted by atomic mass is 10.0. The van der Waals surface area contributed by atoms with E-state index in [9.17, 15) is 4.79 Å². The Bertz CT molecular complexity index is 492. The fourth-order valence-corrected chi connectivity index (χ4v) is 3.31. The average Bonchev–Trinajstić information content (AvgIpc) is 2.61. The van der Waals surface area contributed by atoms with E-state index in [-0.39, 0.29) is 5.91 Å². The summed E-state index contributed by atoms with van der Waals surface area (Å²) in [6, 6.07) is 7.69. The van der Waals surface area contributed by atoms with Crippen molar-refractivity contribution in [1.29, 1.82) is 0 Å². The molecule has 0 spiro atoms. The van der Waals surface area contributed by atoms with E-state index in [0.29, 0.717) is 18.1 Å². The Hall–Kier alpha value is -1.55. The van der Waals surface area contributed by atoms with Gasteiger partial charge in [0.05, 0.1) is 12.2 Å². The standard InChI is InChI=1S/C18H26N2O2/c21-18(20-11-4-1-5-12-20)16-8-2-3-9-17(16)22-14-15-7-6-10-19-13-15/h2-3,8-9,15,19H,1,4-7,10-14H2. The summed E-state index contributed by atoms with van der Waals surface area (Å²) in [5.74, 6) is 1.41. The molecule has 0 radical (unpaired) electrons. The van der Waals surface area contributed by atoms with Crippen molar-refractivity contribution in [1.82, 2.24) is 10.2 Å². The third-order valence-corrected chi connectivity index (χ3v) is 4.63. The van der Waals surface area contributed by atoms with E-state index in [2.05, 4.69) is 5.32 Å². The third kappa shape index (κ3) is 3.80. The summed E-state index contributed by atoms with van der Waals surface area (Å²) >= 11 is 0. The zero-order valence-corrected chi connectivity index (χ0v) is 13.2. The number of amides is 1. The van der Waals surface area contributed by atoms with Crippen LogP contribution in [0.25, 0.3) is 0 Å². The summed E-state index contributed by atoms with van der Waals surface area (Å²) < 4.78 is 6.00. The van der Waals surface area contributed by atoms with Crippen molar-refractivity contribution in [3.8, 4) is 5.75 Å². The van der Waals surface area contributed by atoms with Gasteiger partial charge in [-0.15, -0.1) is 0 Å². The van der Waals surface area contributed by atoms with Crippen LogP contribution in [0.1, 0.15) is 42.5 Å². The van der Waals surface area contributed by atoms with Gasteiger partial charge in [0.1, 0.15) is 5.75 Å². The number of hydrogen-bond donors (Lipinski definition) is 1. The molecule has 2 fully saturated rings. The Labute approximate surface area is 132 Å². The average molecular weight is 302 g/mol. The van der Waals surface area contributed by atoms with Crippen LogP contribution in [0.15, 0.2) is 24.3 Å². The highest BCUT2D eigenvalue weighted by molar-refractivity contribution is 5.97. The van der Waals surface area contributed by atoms with Crippen LogP contribution in [0, 0.1) is 5.92 Å². The van der Waals surface area contributed by atoms with E-state index in [1.54, 1.807) is 0 Å². The SMILES string of the molecule is O=C(c1ccccc1OCC1CCCNC1)N1CCCCC1. The summed E-state index contributed by atoms with van der Waals surface area (Å²) in [6.07, 6.45) is 5.87. The molecule has 1 N–H and O–H groups in total. The number of piperidine rings is 2. The van der Waals surface area contributed by atoms with Gasteiger partial charge in [-0.05, 0) is 50.8 Å². The van der Waals surface area contributed by atoms with Gasteiger partial charge in [0.15, 0.2) is 0 Å². The number of rotatable bonds is 4. The summed E-state index contributed by atoms with van der Waals surface area (Å²) in [5, 5.41) is 3.41. The van der Waals surface area contributed by atoms with Gasteiger partial charge in [-0.2, -0.15) is 0 Å². The van der Waals surface area contributed by atoms with Crippen LogP contribution in [0.2, 0.25) is 0 Å². The van der Waals surface area contributed by atoms with Crippen molar-refractivity contribution in [3.63, 3.8) is 0 Å². The quantitative estimate of drug-likeness (QED) is 0.930. The normalized spacial score (nSPS) is 22.4. The molecule has 2 aliphatic heterocycles. The minimum atomic E-state index is 0.122. The molecule has 22 heavy (non-hydrogen) atoms. The molecular weight excluding hydrogens is 276 g/mol. The van der Waals surface area contributed by atoms with Gasteiger partial charge < -0.3 is 15.0 Å². The molecule has 2 heterocycles. The minimum absolute atomic E-state index is 0.122. The fourth-order valence-electron chi connectivity index (χ4n) is 3.31. The van der Waals surface area contributed by atoms with Crippen molar-refractivity contribution in [2.75, 3.05) is 32.8 Å². The first-order chi connectivity index (χ1) is 10.8. The van der Waals surface area contributed by atoms with Crippen LogP contribution < -0.4 is 10.1 Å². The molecule has 3 rings (SSSR count). The highest BCUT2D eigenvalue weighted by Crippen LogP contribution is 2.23. The maximum atomic E-state index is 12.7. The number of nitrogens with zero attached hydrogens (tertiary/aromatic N) is 1. The number of likely N-dealkylation sites (tertiary alicyclic amines) is 1. The number of carbonyl (C=O) groups excluding carboxylic acids is 1. The first-order valence-corrected chi connectivity index (χ1v) is 8.56. The maximum absolute atomic E-state index is 12.7. The van der Waals surface area contributed by atoms with Crippen molar-refractivity contribution in [2.24, 2.45) is 5.92 Å². The summed E-state index contributed by atoms with van der Waals surface area (Å²) in [5.41, 5.74) is 0.716. The lowest BCUT2D eigenvalue weighted by Crippen LogP contribution is -2.36. The lowest BCUT2D eigenvalue weighted by molar-refractivity contribution is 0.0718. The second-order valence-electron chi connectivity index (χ2n) is 6.37. The highest BCUT2D eigenvalue weighted by Gasteiger charge is 2.22. The molecule has 0 saturated carbocycles. The Morgan fingerprint density at radius 3 is 2.77 bits per heavy atom. The van der Waals surface area contributed by atoms with Crippen molar-refractivity contribution >= 4 is 5.91 Å². The second-order valence-corrected chi connectivity index (χ2v) is 6.37. The van der Waals surface area contributed by atoms with E-state index >= 15 is 0 Å². The van der Waals surface area contributed by atoms with Crippen molar-refractivity contribution in [2.45, 2.75) is 32.1 Å². The van der Waals surface area contributed by atoms with E-state index in [1.165, 1.54) is 19.3 Å². The van der Waals surface area contributed by atoms with Crippen LogP contribution in [0.4, 0.5) is 0 Å². The van der Waals surface area contributed by atoms with Gasteiger partial charge in [-0.3, -0.25) is 4.79 Å². The van der Waals surface area contributed by atoms with Crippen LogP contribution in [0.5, 0.6) is 5.75 Å². The van der Waals surface area contributed by atoms with Crippen molar-refractivity contribution < 1.29 is 9.53 Å². The Kier molecular flexibility index (Phi) is 5.33. The lowest BCUT2D eigenvalue weighted by Gasteiger charge is -2.28.